The minimum absolute atomic E-state index is 0.573. The summed E-state index contributed by atoms with van der Waals surface area (Å²) in [4.78, 5) is 10.8. The third kappa shape index (κ3) is 4.05. The third-order valence-corrected chi connectivity index (χ3v) is 12.0. The summed E-state index contributed by atoms with van der Waals surface area (Å²) in [7, 11) is 0. The Hall–Kier alpha value is -6.82. The normalized spacial score (nSPS) is 12.2. The summed E-state index contributed by atoms with van der Waals surface area (Å²) < 4.78 is 11.3. The molecule has 0 fully saturated rings. The molecule has 0 atom stereocenters. The van der Waals surface area contributed by atoms with E-state index in [2.05, 4.69) is 156 Å². The highest BCUT2D eigenvalue weighted by molar-refractivity contribution is 7.27. The zero-order valence-electron chi connectivity index (χ0n) is 28.2. The number of furan rings is 1. The standard InChI is InChI=1S/C48H27N3OS/c1-2-14-31-28(12-1)13-11-20-32(31)29-24-26-30(27-25-29)44-43-36-18-6-9-22-39(36)52-47(43)50-48(49-44)51-38-21-8-5-17-35(38)41-33-15-3-4-16-34(33)42-37-19-7-10-23-40(37)53-46(42)45(41)51/h1-27H. The maximum atomic E-state index is 6.56. The highest BCUT2D eigenvalue weighted by atomic mass is 32.1. The van der Waals surface area contributed by atoms with Crippen LogP contribution < -0.4 is 0 Å². The molecule has 0 N–H and O–H groups in total. The van der Waals surface area contributed by atoms with Crippen molar-refractivity contribution < 1.29 is 4.42 Å². The molecular formula is C48H27N3OS. The Bertz CT molecular complexity index is 3450. The number of thiophene rings is 1. The van der Waals surface area contributed by atoms with Crippen LogP contribution in [-0.4, -0.2) is 14.5 Å². The molecule has 0 bridgehead atoms. The molecule has 4 nitrogen and oxygen atoms in total. The minimum atomic E-state index is 0.573. The van der Waals surface area contributed by atoms with Crippen molar-refractivity contribution in [3.63, 3.8) is 0 Å². The van der Waals surface area contributed by atoms with Crippen molar-refractivity contribution >= 4 is 96.9 Å². The quantitative estimate of drug-likeness (QED) is 0.185. The van der Waals surface area contributed by atoms with Crippen LogP contribution in [0.2, 0.25) is 0 Å². The molecule has 246 valence electrons. The summed E-state index contributed by atoms with van der Waals surface area (Å²) in [5.41, 5.74) is 7.77. The lowest BCUT2D eigenvalue weighted by Crippen LogP contribution is -2.03. The smallest absolute Gasteiger partial charge is 0.238 e. The Labute approximate surface area is 306 Å². The Kier molecular flexibility index (Phi) is 5.90. The van der Waals surface area contributed by atoms with Gasteiger partial charge in [-0.1, -0.05) is 146 Å². The molecule has 0 saturated carbocycles. The number of benzene rings is 8. The van der Waals surface area contributed by atoms with Crippen LogP contribution in [-0.2, 0) is 0 Å². The number of nitrogens with zero attached hydrogens (tertiary/aromatic N) is 3. The van der Waals surface area contributed by atoms with E-state index < -0.39 is 0 Å². The van der Waals surface area contributed by atoms with E-state index in [0.29, 0.717) is 11.7 Å². The van der Waals surface area contributed by atoms with E-state index in [1.807, 2.05) is 23.5 Å². The summed E-state index contributed by atoms with van der Waals surface area (Å²) in [6.07, 6.45) is 0. The van der Waals surface area contributed by atoms with Gasteiger partial charge in [-0.15, -0.1) is 11.3 Å². The molecular weight excluding hydrogens is 667 g/mol. The molecule has 4 heterocycles. The van der Waals surface area contributed by atoms with Gasteiger partial charge in [-0.25, -0.2) is 4.98 Å². The number of rotatable bonds is 3. The zero-order chi connectivity index (χ0) is 34.6. The van der Waals surface area contributed by atoms with Crippen molar-refractivity contribution in [2.45, 2.75) is 0 Å². The van der Waals surface area contributed by atoms with Crippen molar-refractivity contribution in [1.82, 2.24) is 14.5 Å². The fraction of sp³-hybridized carbons (Fsp3) is 0. The van der Waals surface area contributed by atoms with Gasteiger partial charge in [0.05, 0.1) is 26.8 Å². The van der Waals surface area contributed by atoms with E-state index in [1.165, 1.54) is 58.1 Å². The Balaban J connectivity index is 1.19. The van der Waals surface area contributed by atoms with Crippen LogP contribution in [0.4, 0.5) is 0 Å². The number of hydrogen-bond donors (Lipinski definition) is 0. The van der Waals surface area contributed by atoms with E-state index in [-0.39, 0.29) is 0 Å². The van der Waals surface area contributed by atoms with E-state index in [1.54, 1.807) is 0 Å². The van der Waals surface area contributed by atoms with Gasteiger partial charge in [0.15, 0.2) is 0 Å². The van der Waals surface area contributed by atoms with Gasteiger partial charge in [-0.05, 0) is 50.9 Å². The van der Waals surface area contributed by atoms with Gasteiger partial charge in [0.1, 0.15) is 5.58 Å². The van der Waals surface area contributed by atoms with Gasteiger partial charge in [-0.2, -0.15) is 4.98 Å². The fourth-order valence-corrected chi connectivity index (χ4v) is 9.80. The average Bonchev–Trinajstić information content (AvgIpc) is 3.91. The van der Waals surface area contributed by atoms with Gasteiger partial charge in [0.25, 0.3) is 0 Å². The SMILES string of the molecule is c1ccc2c(-c3ccc(-c4nc(-n5c6ccccc6c6c7ccccc7c7c8ccccc8sc7c65)nc5oc6ccccc6c45)cc3)cccc2c1. The second-order valence-electron chi connectivity index (χ2n) is 13.7. The number of fused-ring (bicyclic) bond motifs is 14. The molecule has 0 spiro atoms. The van der Waals surface area contributed by atoms with E-state index in [9.17, 15) is 0 Å². The van der Waals surface area contributed by atoms with E-state index in [0.717, 1.165) is 44.2 Å². The topological polar surface area (TPSA) is 43.9 Å². The molecule has 4 aromatic heterocycles. The lowest BCUT2D eigenvalue weighted by Gasteiger charge is -2.12. The highest BCUT2D eigenvalue weighted by Crippen LogP contribution is 2.48. The Morgan fingerprint density at radius 3 is 1.96 bits per heavy atom. The maximum absolute atomic E-state index is 6.56. The van der Waals surface area contributed by atoms with Crippen LogP contribution in [0, 0.1) is 0 Å². The molecule has 0 unspecified atom stereocenters. The molecule has 0 aliphatic heterocycles. The summed E-state index contributed by atoms with van der Waals surface area (Å²) in [6.45, 7) is 0. The number of para-hydroxylation sites is 2. The molecule has 0 aliphatic carbocycles. The van der Waals surface area contributed by atoms with Crippen LogP contribution >= 0.6 is 11.3 Å². The van der Waals surface area contributed by atoms with Crippen LogP contribution in [0.5, 0.6) is 0 Å². The Morgan fingerprint density at radius 1 is 0.472 bits per heavy atom. The zero-order valence-corrected chi connectivity index (χ0v) is 29.1. The summed E-state index contributed by atoms with van der Waals surface area (Å²) in [5.74, 6) is 0.588. The lowest BCUT2D eigenvalue weighted by atomic mass is 9.96. The molecule has 12 aromatic rings. The molecule has 8 aromatic carbocycles. The fourth-order valence-electron chi connectivity index (χ4n) is 8.54. The van der Waals surface area contributed by atoms with Gasteiger partial charge in [0, 0.05) is 37.2 Å². The maximum Gasteiger partial charge on any atom is 0.238 e. The molecule has 0 aliphatic rings. The van der Waals surface area contributed by atoms with Crippen LogP contribution in [0.3, 0.4) is 0 Å². The summed E-state index contributed by atoms with van der Waals surface area (Å²) in [6, 6.07) is 58.2. The predicted octanol–water partition coefficient (Wildman–Crippen LogP) is 13.5. The lowest BCUT2D eigenvalue weighted by molar-refractivity contribution is 0.651. The van der Waals surface area contributed by atoms with Gasteiger partial charge in [-0.3, -0.25) is 4.57 Å². The number of aromatic nitrogens is 3. The van der Waals surface area contributed by atoms with Crippen LogP contribution in [0.25, 0.3) is 114 Å². The molecule has 12 rings (SSSR count). The first-order valence-corrected chi connectivity index (χ1v) is 18.7. The minimum Gasteiger partial charge on any atom is -0.437 e. The monoisotopic (exact) mass is 693 g/mol. The van der Waals surface area contributed by atoms with Crippen LogP contribution in [0.1, 0.15) is 0 Å². The highest BCUT2D eigenvalue weighted by Gasteiger charge is 2.25. The first-order valence-electron chi connectivity index (χ1n) is 17.8. The van der Waals surface area contributed by atoms with Crippen molar-refractivity contribution in [2.75, 3.05) is 0 Å². The van der Waals surface area contributed by atoms with E-state index >= 15 is 0 Å². The molecule has 5 heteroatoms. The largest absolute Gasteiger partial charge is 0.437 e. The summed E-state index contributed by atoms with van der Waals surface area (Å²) in [5, 5.41) is 11.8. The second kappa shape index (κ2) is 10.8. The van der Waals surface area contributed by atoms with Gasteiger partial charge < -0.3 is 4.42 Å². The summed E-state index contributed by atoms with van der Waals surface area (Å²) >= 11 is 1.84. The first-order chi connectivity index (χ1) is 26.3. The molecule has 0 radical (unpaired) electrons. The van der Waals surface area contributed by atoms with Crippen LogP contribution in [0.15, 0.2) is 168 Å². The predicted molar refractivity (Wildman–Crippen MR) is 222 cm³/mol. The van der Waals surface area contributed by atoms with Crippen molar-refractivity contribution in [1.29, 1.82) is 0 Å². The molecule has 53 heavy (non-hydrogen) atoms. The van der Waals surface area contributed by atoms with Crippen molar-refractivity contribution in [3.8, 4) is 28.3 Å². The van der Waals surface area contributed by atoms with Crippen molar-refractivity contribution in [2.24, 2.45) is 0 Å². The van der Waals surface area contributed by atoms with E-state index in [4.69, 9.17) is 14.4 Å². The molecule has 0 amide bonds. The second-order valence-corrected chi connectivity index (χ2v) is 14.7. The molecule has 0 saturated heterocycles. The number of hydrogen-bond acceptors (Lipinski definition) is 4. The van der Waals surface area contributed by atoms with Gasteiger partial charge in [0.2, 0.25) is 11.7 Å². The third-order valence-electron chi connectivity index (χ3n) is 10.8. The average molecular weight is 694 g/mol. The van der Waals surface area contributed by atoms with Gasteiger partial charge >= 0.3 is 0 Å². The van der Waals surface area contributed by atoms with Crippen molar-refractivity contribution in [3.05, 3.63) is 164 Å². The Morgan fingerprint density at radius 2 is 1.11 bits per heavy atom. The first kappa shape index (κ1) is 28.8.